The van der Waals surface area contributed by atoms with E-state index in [0.717, 1.165) is 0 Å². The SMILES string of the molecule is [NH]Cc1occc1O. The van der Waals surface area contributed by atoms with Gasteiger partial charge in [0, 0.05) is 6.07 Å². The van der Waals surface area contributed by atoms with Crippen LogP contribution in [0.4, 0.5) is 0 Å². The van der Waals surface area contributed by atoms with Crippen molar-refractivity contribution < 1.29 is 9.52 Å². The van der Waals surface area contributed by atoms with Crippen molar-refractivity contribution in [3.63, 3.8) is 0 Å². The predicted octanol–water partition coefficient (Wildman–Crippen LogP) is 0.768. The molecule has 1 aromatic rings. The molecule has 1 rings (SSSR count). The Kier molecular flexibility index (Phi) is 1.22. The van der Waals surface area contributed by atoms with Crippen LogP contribution >= 0.6 is 0 Å². The maximum atomic E-state index is 8.74. The van der Waals surface area contributed by atoms with Crippen LogP contribution in [0.3, 0.4) is 0 Å². The molecule has 0 saturated heterocycles. The Bertz CT molecular complexity index is 171. The Labute approximate surface area is 46.7 Å². The lowest BCUT2D eigenvalue weighted by atomic mass is 10.4. The number of hydrogen-bond donors (Lipinski definition) is 1. The number of hydrogen-bond acceptors (Lipinski definition) is 2. The monoisotopic (exact) mass is 112 g/mol. The van der Waals surface area contributed by atoms with E-state index in [1.165, 1.54) is 12.3 Å². The molecule has 1 radical (unpaired) electrons. The summed E-state index contributed by atoms with van der Waals surface area (Å²) in [5.74, 6) is 0.394. The molecule has 0 aliphatic rings. The van der Waals surface area contributed by atoms with Gasteiger partial charge in [-0.15, -0.1) is 0 Å². The number of rotatable bonds is 1. The first-order chi connectivity index (χ1) is 3.84. The zero-order valence-corrected chi connectivity index (χ0v) is 4.22. The molecule has 43 valence electrons. The quantitative estimate of drug-likeness (QED) is 0.583. The van der Waals surface area contributed by atoms with Crippen LogP contribution in [0.5, 0.6) is 5.75 Å². The van der Waals surface area contributed by atoms with E-state index in [1.54, 1.807) is 0 Å². The molecule has 0 aromatic carbocycles. The first kappa shape index (κ1) is 5.18. The van der Waals surface area contributed by atoms with Gasteiger partial charge in [0.15, 0.2) is 11.5 Å². The third-order valence-electron chi connectivity index (χ3n) is 0.882. The normalized spacial score (nSPS) is 9.62. The fourth-order valence-corrected chi connectivity index (χ4v) is 0.466. The average Bonchev–Trinajstić information content (AvgIpc) is 2.14. The molecule has 0 spiro atoms. The molecule has 0 unspecified atom stereocenters. The molecule has 0 bridgehead atoms. The summed E-state index contributed by atoms with van der Waals surface area (Å²) in [6.07, 6.45) is 1.36. The molecule has 8 heavy (non-hydrogen) atoms. The maximum Gasteiger partial charge on any atom is 0.160 e. The van der Waals surface area contributed by atoms with Crippen molar-refractivity contribution in [1.29, 1.82) is 0 Å². The van der Waals surface area contributed by atoms with E-state index < -0.39 is 0 Å². The van der Waals surface area contributed by atoms with Crippen LogP contribution in [0.1, 0.15) is 5.76 Å². The second-order valence-electron chi connectivity index (χ2n) is 1.41. The lowest BCUT2D eigenvalue weighted by molar-refractivity contribution is 0.431. The van der Waals surface area contributed by atoms with Crippen molar-refractivity contribution in [3.8, 4) is 5.75 Å². The van der Waals surface area contributed by atoms with Gasteiger partial charge in [-0.3, -0.25) is 0 Å². The summed E-state index contributed by atoms with van der Waals surface area (Å²) in [5, 5.41) is 8.74. The van der Waals surface area contributed by atoms with Crippen molar-refractivity contribution in [2.75, 3.05) is 0 Å². The van der Waals surface area contributed by atoms with Crippen molar-refractivity contribution >= 4 is 0 Å². The molecular weight excluding hydrogens is 106 g/mol. The number of aromatic hydroxyl groups is 1. The van der Waals surface area contributed by atoms with Crippen LogP contribution in [-0.4, -0.2) is 5.11 Å². The van der Waals surface area contributed by atoms with Crippen LogP contribution in [-0.2, 0) is 6.54 Å². The first-order valence-corrected chi connectivity index (χ1v) is 2.24. The average molecular weight is 112 g/mol. The van der Waals surface area contributed by atoms with E-state index in [4.69, 9.17) is 10.8 Å². The van der Waals surface area contributed by atoms with E-state index in [9.17, 15) is 0 Å². The third kappa shape index (κ3) is 0.675. The molecule has 1 aromatic heterocycles. The minimum absolute atomic E-state index is 0.00116. The summed E-state index contributed by atoms with van der Waals surface area (Å²) < 4.78 is 4.68. The van der Waals surface area contributed by atoms with Crippen LogP contribution < -0.4 is 5.73 Å². The number of nitrogens with one attached hydrogen (secondary N) is 1. The summed E-state index contributed by atoms with van der Waals surface area (Å²) in [6.45, 7) is -0.00116. The van der Waals surface area contributed by atoms with E-state index >= 15 is 0 Å². The van der Waals surface area contributed by atoms with Crippen molar-refractivity contribution in [2.45, 2.75) is 6.54 Å². The van der Waals surface area contributed by atoms with Crippen molar-refractivity contribution in [3.05, 3.63) is 18.1 Å². The highest BCUT2D eigenvalue weighted by molar-refractivity contribution is 5.21. The fourth-order valence-electron chi connectivity index (χ4n) is 0.466. The van der Waals surface area contributed by atoms with Crippen LogP contribution in [0, 0.1) is 0 Å². The molecule has 0 fully saturated rings. The second-order valence-corrected chi connectivity index (χ2v) is 1.41. The Morgan fingerprint density at radius 2 is 2.50 bits per heavy atom. The van der Waals surface area contributed by atoms with Gasteiger partial charge >= 0.3 is 0 Å². The fraction of sp³-hybridized carbons (Fsp3) is 0.200. The molecule has 0 saturated carbocycles. The van der Waals surface area contributed by atoms with Gasteiger partial charge < -0.3 is 9.52 Å². The summed E-state index contributed by atoms with van der Waals surface area (Å²) >= 11 is 0. The highest BCUT2D eigenvalue weighted by Crippen LogP contribution is 2.15. The van der Waals surface area contributed by atoms with E-state index in [0.29, 0.717) is 5.76 Å². The predicted molar refractivity (Wildman–Crippen MR) is 27.2 cm³/mol. The van der Waals surface area contributed by atoms with E-state index in [1.807, 2.05) is 0 Å². The van der Waals surface area contributed by atoms with Gasteiger partial charge in [0.05, 0.1) is 12.8 Å². The van der Waals surface area contributed by atoms with Crippen molar-refractivity contribution in [2.24, 2.45) is 0 Å². The van der Waals surface area contributed by atoms with Gasteiger partial charge in [0.25, 0.3) is 0 Å². The number of furan rings is 1. The Morgan fingerprint density at radius 3 is 2.75 bits per heavy atom. The highest BCUT2D eigenvalue weighted by Gasteiger charge is 1.98. The lowest BCUT2D eigenvalue weighted by Gasteiger charge is -1.85. The standard InChI is InChI=1S/C5H6NO2/c6-3-5-4(7)1-2-8-5/h1-2,6-7H,3H2. The Morgan fingerprint density at radius 1 is 1.75 bits per heavy atom. The topological polar surface area (TPSA) is 57.2 Å². The van der Waals surface area contributed by atoms with E-state index in [2.05, 4.69) is 4.42 Å². The van der Waals surface area contributed by atoms with Gasteiger partial charge in [-0.05, 0) is 0 Å². The first-order valence-electron chi connectivity index (χ1n) is 2.24. The molecule has 0 aliphatic carbocycles. The lowest BCUT2D eigenvalue weighted by Crippen LogP contribution is -1.78. The van der Waals surface area contributed by atoms with Crippen LogP contribution in [0.15, 0.2) is 16.7 Å². The van der Waals surface area contributed by atoms with Crippen molar-refractivity contribution in [1.82, 2.24) is 5.73 Å². The third-order valence-corrected chi connectivity index (χ3v) is 0.882. The van der Waals surface area contributed by atoms with Gasteiger partial charge in [-0.1, -0.05) is 0 Å². The molecule has 1 heterocycles. The molecule has 0 amide bonds. The van der Waals surface area contributed by atoms with Crippen LogP contribution in [0.2, 0.25) is 0 Å². The van der Waals surface area contributed by atoms with Gasteiger partial charge in [-0.2, -0.15) is 0 Å². The summed E-state index contributed by atoms with van der Waals surface area (Å²) in [4.78, 5) is 0. The van der Waals surface area contributed by atoms with Gasteiger partial charge in [0.1, 0.15) is 0 Å². The molecule has 3 nitrogen and oxygen atoms in total. The largest absolute Gasteiger partial charge is 0.504 e. The zero-order valence-electron chi connectivity index (χ0n) is 4.22. The smallest absolute Gasteiger partial charge is 0.160 e. The minimum Gasteiger partial charge on any atom is -0.504 e. The molecular formula is C5H6NO2. The second kappa shape index (κ2) is 1.88. The maximum absolute atomic E-state index is 8.74. The summed E-state index contributed by atoms with van der Waals surface area (Å²) in [6, 6.07) is 1.42. The highest BCUT2D eigenvalue weighted by atomic mass is 16.4. The van der Waals surface area contributed by atoms with E-state index in [-0.39, 0.29) is 12.3 Å². The Balaban J connectivity index is 2.92. The van der Waals surface area contributed by atoms with Gasteiger partial charge in [0.2, 0.25) is 0 Å². The molecule has 0 aliphatic heterocycles. The Hall–Kier alpha value is -0.960. The molecule has 2 N–H and O–H groups in total. The molecule has 0 atom stereocenters. The molecule has 3 heteroatoms. The summed E-state index contributed by atoms with van der Waals surface area (Å²) in [5.41, 5.74) is 6.75. The van der Waals surface area contributed by atoms with Crippen LogP contribution in [0.25, 0.3) is 0 Å². The zero-order chi connectivity index (χ0) is 5.98. The minimum atomic E-state index is -0.00116. The van der Waals surface area contributed by atoms with Gasteiger partial charge in [-0.25, -0.2) is 5.73 Å². The summed E-state index contributed by atoms with van der Waals surface area (Å²) in [7, 11) is 0.